The summed E-state index contributed by atoms with van der Waals surface area (Å²) in [4.78, 5) is 29.9. The minimum atomic E-state index is -0.351. The van der Waals surface area contributed by atoms with Crippen molar-refractivity contribution in [1.29, 1.82) is 0 Å². The Morgan fingerprint density at radius 1 is 1.10 bits per heavy atom. The van der Waals surface area contributed by atoms with Gasteiger partial charge < -0.3 is 5.11 Å². The van der Waals surface area contributed by atoms with E-state index in [-0.39, 0.29) is 41.1 Å². The lowest BCUT2D eigenvalue weighted by Crippen LogP contribution is -2.39. The molecule has 1 N–H and O–H groups in total. The third kappa shape index (κ3) is 5.83. The molecule has 2 rings (SSSR count). The molecule has 1 aromatic rings. The van der Waals surface area contributed by atoms with Gasteiger partial charge in [0.1, 0.15) is 0 Å². The van der Waals surface area contributed by atoms with Crippen LogP contribution in [0.3, 0.4) is 0 Å². The van der Waals surface area contributed by atoms with Crippen LogP contribution >= 0.6 is 0 Å². The summed E-state index contributed by atoms with van der Waals surface area (Å²) in [6.07, 6.45) is 9.19. The summed E-state index contributed by atoms with van der Waals surface area (Å²) < 4.78 is 0. The van der Waals surface area contributed by atoms with Gasteiger partial charge in [-0.2, -0.15) is 0 Å². The van der Waals surface area contributed by atoms with Crippen molar-refractivity contribution in [2.24, 2.45) is 10.5 Å². The van der Waals surface area contributed by atoms with E-state index in [9.17, 15) is 14.7 Å². The lowest BCUT2D eigenvalue weighted by Gasteiger charge is -2.25. The molecule has 7 heteroatoms. The summed E-state index contributed by atoms with van der Waals surface area (Å²) in [6.45, 7) is 6.40. The fourth-order valence-corrected chi connectivity index (χ4v) is 4.03. The number of unbranched alkanes of at least 4 members (excludes halogenated alkanes) is 5. The standard InChI is InChI=1S/C23H34N4O3/c1-4-17(12-9-7-5-6-8-10-15-23(2,3)16-28)27-21(29)18-13-11-14-19(25-26-24)20(18)22(27)30/h11,13-14,17,28H,4-10,12,15-16H2,1-3H3. The quantitative estimate of drug-likeness (QED) is 0.138. The molecule has 1 aliphatic rings. The van der Waals surface area contributed by atoms with Gasteiger partial charge in [0.25, 0.3) is 11.8 Å². The van der Waals surface area contributed by atoms with Gasteiger partial charge in [0, 0.05) is 17.6 Å². The van der Waals surface area contributed by atoms with Crippen molar-refractivity contribution in [1.82, 2.24) is 4.90 Å². The molecular formula is C23H34N4O3. The summed E-state index contributed by atoms with van der Waals surface area (Å²) in [5, 5.41) is 12.9. The molecule has 7 nitrogen and oxygen atoms in total. The highest BCUT2D eigenvalue weighted by molar-refractivity contribution is 6.23. The van der Waals surface area contributed by atoms with Crippen molar-refractivity contribution < 1.29 is 14.7 Å². The minimum absolute atomic E-state index is 0.0130. The molecule has 0 bridgehead atoms. The molecule has 0 aliphatic carbocycles. The Morgan fingerprint density at radius 3 is 2.40 bits per heavy atom. The van der Waals surface area contributed by atoms with Crippen LogP contribution in [-0.2, 0) is 0 Å². The van der Waals surface area contributed by atoms with Crippen molar-refractivity contribution in [2.75, 3.05) is 6.61 Å². The molecule has 1 unspecified atom stereocenters. The number of hydrogen-bond donors (Lipinski definition) is 1. The predicted octanol–water partition coefficient (Wildman–Crippen LogP) is 6.14. The number of carbonyl (C=O) groups is 2. The molecule has 0 fully saturated rings. The summed E-state index contributed by atoms with van der Waals surface area (Å²) in [6, 6.07) is 4.69. The van der Waals surface area contributed by atoms with Crippen LogP contribution < -0.4 is 0 Å². The second-order valence-corrected chi connectivity index (χ2v) is 8.91. The Hall–Kier alpha value is -2.37. The van der Waals surface area contributed by atoms with Crippen LogP contribution in [-0.4, -0.2) is 34.5 Å². The van der Waals surface area contributed by atoms with Crippen LogP contribution in [0, 0.1) is 5.41 Å². The molecule has 1 atom stereocenters. The molecule has 1 aromatic carbocycles. The van der Waals surface area contributed by atoms with E-state index < -0.39 is 0 Å². The maximum atomic E-state index is 12.9. The highest BCUT2D eigenvalue weighted by Gasteiger charge is 2.40. The van der Waals surface area contributed by atoms with Crippen LogP contribution in [0.15, 0.2) is 23.3 Å². The fraction of sp³-hybridized carbons (Fsp3) is 0.652. The van der Waals surface area contributed by atoms with Crippen molar-refractivity contribution in [2.45, 2.75) is 84.6 Å². The summed E-state index contributed by atoms with van der Waals surface area (Å²) in [5.74, 6) is -0.639. The second kappa shape index (κ2) is 11.1. The van der Waals surface area contributed by atoms with Gasteiger partial charge in [0.15, 0.2) is 0 Å². The van der Waals surface area contributed by atoms with Crippen LogP contribution in [0.2, 0.25) is 0 Å². The van der Waals surface area contributed by atoms with Gasteiger partial charge in [-0.1, -0.05) is 76.5 Å². The van der Waals surface area contributed by atoms with E-state index in [2.05, 4.69) is 23.9 Å². The zero-order valence-corrected chi connectivity index (χ0v) is 18.4. The molecule has 0 saturated carbocycles. The number of amides is 2. The van der Waals surface area contributed by atoms with Gasteiger partial charge in [-0.15, -0.1) is 0 Å². The van der Waals surface area contributed by atoms with E-state index >= 15 is 0 Å². The zero-order chi connectivity index (χ0) is 22.1. The van der Waals surface area contributed by atoms with Gasteiger partial charge in [-0.3, -0.25) is 14.5 Å². The maximum Gasteiger partial charge on any atom is 0.262 e. The van der Waals surface area contributed by atoms with E-state index in [0.29, 0.717) is 12.0 Å². The number of benzene rings is 1. The number of fused-ring (bicyclic) bond motifs is 1. The first-order chi connectivity index (χ1) is 14.4. The van der Waals surface area contributed by atoms with E-state index in [4.69, 9.17) is 5.53 Å². The largest absolute Gasteiger partial charge is 0.396 e. The van der Waals surface area contributed by atoms with Gasteiger partial charge in [0.05, 0.1) is 16.8 Å². The average Bonchev–Trinajstić information content (AvgIpc) is 2.98. The monoisotopic (exact) mass is 414 g/mol. The fourth-order valence-electron chi connectivity index (χ4n) is 4.03. The smallest absolute Gasteiger partial charge is 0.262 e. The molecule has 0 saturated heterocycles. The Morgan fingerprint density at radius 2 is 1.77 bits per heavy atom. The van der Waals surface area contributed by atoms with Crippen molar-refractivity contribution in [3.8, 4) is 0 Å². The van der Waals surface area contributed by atoms with E-state index in [1.54, 1.807) is 18.2 Å². The van der Waals surface area contributed by atoms with Crippen molar-refractivity contribution in [3.05, 3.63) is 39.8 Å². The molecule has 2 amide bonds. The molecule has 0 aromatic heterocycles. The third-order valence-electron chi connectivity index (χ3n) is 5.98. The van der Waals surface area contributed by atoms with Gasteiger partial charge >= 0.3 is 0 Å². The average molecular weight is 415 g/mol. The summed E-state index contributed by atoms with van der Waals surface area (Å²) in [5.41, 5.74) is 9.52. The Kier molecular flexibility index (Phi) is 8.88. The summed E-state index contributed by atoms with van der Waals surface area (Å²) >= 11 is 0. The molecule has 1 heterocycles. The normalized spacial score (nSPS) is 14.6. The Bertz CT molecular complexity index is 800. The molecular weight excluding hydrogens is 380 g/mol. The predicted molar refractivity (Wildman–Crippen MR) is 118 cm³/mol. The highest BCUT2D eigenvalue weighted by Crippen LogP contribution is 2.34. The first-order valence-corrected chi connectivity index (χ1v) is 11.0. The van der Waals surface area contributed by atoms with Crippen LogP contribution in [0.5, 0.6) is 0 Å². The van der Waals surface area contributed by atoms with E-state index in [0.717, 1.165) is 38.5 Å². The minimum Gasteiger partial charge on any atom is -0.396 e. The number of carbonyl (C=O) groups excluding carboxylic acids is 2. The molecule has 30 heavy (non-hydrogen) atoms. The zero-order valence-electron chi connectivity index (χ0n) is 18.4. The lowest BCUT2D eigenvalue weighted by atomic mass is 9.88. The molecule has 164 valence electrons. The number of nitrogens with zero attached hydrogens (tertiary/aromatic N) is 4. The summed E-state index contributed by atoms with van der Waals surface area (Å²) in [7, 11) is 0. The van der Waals surface area contributed by atoms with E-state index in [1.165, 1.54) is 17.7 Å². The Balaban J connectivity index is 1.83. The SMILES string of the molecule is CCC(CCCCCCCCC(C)(C)CO)N1C(=O)c2cccc(N=[N+]=[N-])c2C1=O. The van der Waals surface area contributed by atoms with Gasteiger partial charge in [-0.25, -0.2) is 0 Å². The topological polar surface area (TPSA) is 106 Å². The number of aliphatic hydroxyl groups is 1. The van der Waals surface area contributed by atoms with Gasteiger partial charge in [0.2, 0.25) is 0 Å². The molecule has 1 aliphatic heterocycles. The molecule has 0 radical (unpaired) electrons. The van der Waals surface area contributed by atoms with Gasteiger partial charge in [-0.05, 0) is 36.3 Å². The number of aliphatic hydroxyl groups excluding tert-OH is 1. The number of azide groups is 1. The third-order valence-corrected chi connectivity index (χ3v) is 5.98. The highest BCUT2D eigenvalue weighted by atomic mass is 16.3. The maximum absolute atomic E-state index is 12.9. The van der Waals surface area contributed by atoms with Crippen LogP contribution in [0.4, 0.5) is 5.69 Å². The van der Waals surface area contributed by atoms with E-state index in [1.807, 2.05) is 6.92 Å². The van der Waals surface area contributed by atoms with Crippen LogP contribution in [0.1, 0.15) is 99.3 Å². The number of hydrogen-bond acceptors (Lipinski definition) is 4. The second-order valence-electron chi connectivity index (χ2n) is 8.91. The first-order valence-electron chi connectivity index (χ1n) is 11.0. The molecule has 0 spiro atoms. The number of imide groups is 1. The first kappa shape index (κ1) is 23.9. The number of rotatable bonds is 13. The van der Waals surface area contributed by atoms with Crippen molar-refractivity contribution >= 4 is 17.5 Å². The van der Waals surface area contributed by atoms with Crippen molar-refractivity contribution in [3.63, 3.8) is 0 Å². The lowest BCUT2D eigenvalue weighted by molar-refractivity contribution is 0.0570. The Labute approximate surface area is 179 Å². The van der Waals surface area contributed by atoms with Crippen LogP contribution in [0.25, 0.3) is 10.4 Å².